The third kappa shape index (κ3) is 3.07. The third-order valence-electron chi connectivity index (χ3n) is 2.77. The Bertz CT molecular complexity index is 525. The molecule has 2 aromatic rings. The minimum absolute atomic E-state index is 0.212. The minimum Gasteiger partial charge on any atom is -0.301 e. The van der Waals surface area contributed by atoms with Gasteiger partial charge in [0, 0.05) is 13.0 Å². The van der Waals surface area contributed by atoms with Crippen molar-refractivity contribution in [3.05, 3.63) is 46.8 Å². The number of aryl methyl sites for hydroxylation is 2. The molecule has 18 heavy (non-hydrogen) atoms. The molecule has 96 valence electrons. The van der Waals surface area contributed by atoms with Gasteiger partial charge in [0.15, 0.2) is 0 Å². The van der Waals surface area contributed by atoms with Crippen molar-refractivity contribution in [3.63, 3.8) is 0 Å². The summed E-state index contributed by atoms with van der Waals surface area (Å²) in [7, 11) is 0. The Kier molecular flexibility index (Phi) is 4.31. The van der Waals surface area contributed by atoms with Crippen molar-refractivity contribution in [1.29, 1.82) is 0 Å². The molecule has 0 N–H and O–H groups in total. The first-order valence-corrected chi connectivity index (χ1v) is 6.40. The smallest absolute Gasteiger partial charge is 0.225 e. The van der Waals surface area contributed by atoms with Gasteiger partial charge >= 0.3 is 0 Å². The molecule has 0 bridgehead atoms. The molecule has 1 aromatic heterocycles. The molecule has 5 heteroatoms. The number of benzene rings is 1. The first-order valence-electron chi connectivity index (χ1n) is 6.02. The molecule has 1 heterocycles. The summed E-state index contributed by atoms with van der Waals surface area (Å²) < 4.78 is 14.9. The maximum Gasteiger partial charge on any atom is 0.225 e. The Morgan fingerprint density at radius 1 is 1.28 bits per heavy atom. The van der Waals surface area contributed by atoms with Crippen LogP contribution in [0.15, 0.2) is 24.3 Å². The Labute approximate surface area is 111 Å². The van der Waals surface area contributed by atoms with Gasteiger partial charge in [0.2, 0.25) is 5.28 Å². The maximum atomic E-state index is 13.1. The van der Waals surface area contributed by atoms with Crippen molar-refractivity contribution in [2.75, 3.05) is 0 Å². The summed E-state index contributed by atoms with van der Waals surface area (Å²) in [6.07, 6.45) is 2.56. The lowest BCUT2D eigenvalue weighted by Crippen LogP contribution is -2.06. The highest BCUT2D eigenvalue weighted by atomic mass is 35.5. The molecule has 0 saturated heterocycles. The summed E-state index contributed by atoms with van der Waals surface area (Å²) in [6.45, 7) is 2.75. The van der Waals surface area contributed by atoms with Gasteiger partial charge in [-0.15, -0.1) is 10.2 Å². The first-order chi connectivity index (χ1) is 8.70. The van der Waals surface area contributed by atoms with E-state index in [0.717, 1.165) is 24.2 Å². The lowest BCUT2D eigenvalue weighted by molar-refractivity contribution is 0.616. The zero-order valence-electron chi connectivity index (χ0n) is 10.2. The normalized spacial score (nSPS) is 10.8. The van der Waals surface area contributed by atoms with Gasteiger partial charge in [-0.3, -0.25) is 0 Å². The molecule has 1 aromatic carbocycles. The van der Waals surface area contributed by atoms with Crippen molar-refractivity contribution >= 4 is 11.6 Å². The molecule has 0 aliphatic rings. The van der Waals surface area contributed by atoms with E-state index in [1.807, 2.05) is 10.6 Å². The molecule has 0 fully saturated rings. The van der Waals surface area contributed by atoms with Crippen LogP contribution in [-0.2, 0) is 19.4 Å². The van der Waals surface area contributed by atoms with Gasteiger partial charge < -0.3 is 4.57 Å². The average Bonchev–Trinajstić information content (AvgIpc) is 2.69. The largest absolute Gasteiger partial charge is 0.301 e. The van der Waals surface area contributed by atoms with Crippen LogP contribution in [0, 0.1) is 5.82 Å². The van der Waals surface area contributed by atoms with Crippen molar-refractivity contribution in [2.24, 2.45) is 0 Å². The Morgan fingerprint density at radius 3 is 2.83 bits per heavy atom. The van der Waals surface area contributed by atoms with Gasteiger partial charge in [0.25, 0.3) is 0 Å². The Morgan fingerprint density at radius 2 is 2.11 bits per heavy atom. The lowest BCUT2D eigenvalue weighted by atomic mass is 10.1. The van der Waals surface area contributed by atoms with Crippen molar-refractivity contribution < 1.29 is 4.39 Å². The molecular weight excluding hydrogens is 253 g/mol. The molecular formula is C13H15ClFN3. The molecule has 0 amide bonds. The predicted octanol–water partition coefficient (Wildman–Crippen LogP) is 3.27. The summed E-state index contributed by atoms with van der Waals surface area (Å²) in [5.74, 6) is 0.676. The predicted molar refractivity (Wildman–Crippen MR) is 69.1 cm³/mol. The van der Waals surface area contributed by atoms with Crippen LogP contribution < -0.4 is 0 Å². The number of hydrogen-bond acceptors (Lipinski definition) is 2. The standard InChI is InChI=1S/C13H15ClFN3/c1-2-4-12-16-17-13(14)18(12)8-7-10-5-3-6-11(15)9-10/h3,5-6,9H,2,4,7-8H2,1H3. The maximum absolute atomic E-state index is 13.1. The molecule has 0 aliphatic carbocycles. The Hall–Kier alpha value is -1.42. The Balaban J connectivity index is 2.08. The second kappa shape index (κ2) is 5.96. The topological polar surface area (TPSA) is 30.7 Å². The summed E-state index contributed by atoms with van der Waals surface area (Å²) >= 11 is 5.99. The van der Waals surface area contributed by atoms with E-state index < -0.39 is 0 Å². The van der Waals surface area contributed by atoms with E-state index >= 15 is 0 Å². The summed E-state index contributed by atoms with van der Waals surface area (Å²) in [6, 6.07) is 6.60. The highest BCUT2D eigenvalue weighted by Gasteiger charge is 2.09. The van der Waals surface area contributed by atoms with Crippen LogP contribution in [0.4, 0.5) is 4.39 Å². The van der Waals surface area contributed by atoms with Gasteiger partial charge in [0.05, 0.1) is 0 Å². The molecule has 0 saturated carbocycles. The highest BCUT2D eigenvalue weighted by molar-refractivity contribution is 6.28. The van der Waals surface area contributed by atoms with E-state index in [2.05, 4.69) is 17.1 Å². The van der Waals surface area contributed by atoms with Gasteiger partial charge in [-0.05, 0) is 42.1 Å². The first kappa shape index (κ1) is 13.0. The fraction of sp³-hybridized carbons (Fsp3) is 0.385. The zero-order chi connectivity index (χ0) is 13.0. The van der Waals surface area contributed by atoms with Gasteiger partial charge in [0.1, 0.15) is 11.6 Å². The van der Waals surface area contributed by atoms with Crippen LogP contribution in [0.2, 0.25) is 5.28 Å². The number of aromatic nitrogens is 3. The van der Waals surface area contributed by atoms with E-state index in [1.165, 1.54) is 12.1 Å². The summed E-state index contributed by atoms with van der Waals surface area (Å²) in [4.78, 5) is 0. The zero-order valence-corrected chi connectivity index (χ0v) is 11.0. The second-order valence-corrected chi connectivity index (χ2v) is 4.50. The SMILES string of the molecule is CCCc1nnc(Cl)n1CCc1cccc(F)c1. The van der Waals surface area contributed by atoms with E-state index in [4.69, 9.17) is 11.6 Å². The quantitative estimate of drug-likeness (QED) is 0.832. The van der Waals surface area contributed by atoms with Crippen LogP contribution in [0.5, 0.6) is 0 Å². The van der Waals surface area contributed by atoms with E-state index in [1.54, 1.807) is 6.07 Å². The number of halogens is 2. The monoisotopic (exact) mass is 267 g/mol. The van der Waals surface area contributed by atoms with Crippen LogP contribution in [0.25, 0.3) is 0 Å². The van der Waals surface area contributed by atoms with E-state index in [0.29, 0.717) is 18.2 Å². The van der Waals surface area contributed by atoms with E-state index in [9.17, 15) is 4.39 Å². The minimum atomic E-state index is -0.212. The molecule has 0 spiro atoms. The molecule has 0 unspecified atom stereocenters. The lowest BCUT2D eigenvalue weighted by Gasteiger charge is -2.07. The fourth-order valence-electron chi connectivity index (χ4n) is 1.88. The molecule has 0 atom stereocenters. The average molecular weight is 268 g/mol. The van der Waals surface area contributed by atoms with Crippen molar-refractivity contribution in [2.45, 2.75) is 32.7 Å². The number of hydrogen-bond donors (Lipinski definition) is 0. The number of rotatable bonds is 5. The molecule has 2 rings (SSSR count). The highest BCUT2D eigenvalue weighted by Crippen LogP contribution is 2.12. The van der Waals surface area contributed by atoms with Crippen LogP contribution in [-0.4, -0.2) is 14.8 Å². The second-order valence-electron chi connectivity index (χ2n) is 4.17. The van der Waals surface area contributed by atoms with Crippen LogP contribution >= 0.6 is 11.6 Å². The summed E-state index contributed by atoms with van der Waals surface area (Å²) in [5, 5.41) is 8.31. The van der Waals surface area contributed by atoms with E-state index in [-0.39, 0.29) is 5.82 Å². The fourth-order valence-corrected chi connectivity index (χ4v) is 2.10. The molecule has 0 radical (unpaired) electrons. The van der Waals surface area contributed by atoms with Crippen molar-refractivity contribution in [1.82, 2.24) is 14.8 Å². The van der Waals surface area contributed by atoms with Crippen LogP contribution in [0.3, 0.4) is 0 Å². The van der Waals surface area contributed by atoms with Gasteiger partial charge in [-0.2, -0.15) is 0 Å². The van der Waals surface area contributed by atoms with Gasteiger partial charge in [-0.25, -0.2) is 4.39 Å². The van der Waals surface area contributed by atoms with Gasteiger partial charge in [-0.1, -0.05) is 19.1 Å². The summed E-state index contributed by atoms with van der Waals surface area (Å²) in [5.41, 5.74) is 0.946. The molecule has 0 aliphatic heterocycles. The van der Waals surface area contributed by atoms with Crippen LogP contribution in [0.1, 0.15) is 24.7 Å². The van der Waals surface area contributed by atoms with Crippen molar-refractivity contribution in [3.8, 4) is 0 Å². The molecule has 3 nitrogen and oxygen atoms in total. The number of nitrogens with zero attached hydrogens (tertiary/aromatic N) is 3. The third-order valence-corrected chi connectivity index (χ3v) is 3.05.